The van der Waals surface area contributed by atoms with Gasteiger partial charge in [-0.1, -0.05) is 37.6 Å². The third kappa shape index (κ3) is 5.31. The lowest BCUT2D eigenvalue weighted by Gasteiger charge is -2.15. The van der Waals surface area contributed by atoms with E-state index in [0.717, 1.165) is 57.5 Å². The summed E-state index contributed by atoms with van der Waals surface area (Å²) in [7, 11) is 0. The monoisotopic (exact) mass is 516 g/mol. The molecule has 0 aliphatic carbocycles. The summed E-state index contributed by atoms with van der Waals surface area (Å²) in [6.45, 7) is 3.85. The van der Waals surface area contributed by atoms with Gasteiger partial charge in [0.05, 0.1) is 0 Å². The number of nitrogens with zero attached hydrogens (tertiary/aromatic N) is 1. The van der Waals surface area contributed by atoms with Gasteiger partial charge in [0.2, 0.25) is 0 Å². The fourth-order valence-electron chi connectivity index (χ4n) is 3.86. The summed E-state index contributed by atoms with van der Waals surface area (Å²) in [6, 6.07) is 13.8. The number of thiazole rings is 1. The predicted octanol–water partition coefficient (Wildman–Crippen LogP) is 8.29. The number of benzene rings is 3. The molecule has 0 fully saturated rings. The lowest BCUT2D eigenvalue weighted by Crippen LogP contribution is -2.17. The largest absolute Gasteiger partial charge is 0.434 e. The maximum absolute atomic E-state index is 14.1. The Morgan fingerprint density at radius 3 is 2.33 bits per heavy atom. The third-order valence-corrected chi connectivity index (χ3v) is 6.54. The summed E-state index contributed by atoms with van der Waals surface area (Å²) in [4.78, 5) is 16.4. The van der Waals surface area contributed by atoms with Gasteiger partial charge in [0, 0.05) is 16.6 Å². The maximum atomic E-state index is 14.1. The standard InChI is InChI=1S/C27H21F5N2OS/c1-3-5-17-12-16(10-11-22(17)33-25(35)24-20(28)6-4-7-21(24)29)19-13-18(9-8-15(19)2)26-34-23(14-36-26)27(30,31)32/h4,6-14H,3,5H2,1-2H3,(H,33,35). The van der Waals surface area contributed by atoms with Crippen molar-refractivity contribution in [2.24, 2.45) is 0 Å². The van der Waals surface area contributed by atoms with Crippen LogP contribution in [0.25, 0.3) is 21.7 Å². The molecule has 1 aromatic heterocycles. The van der Waals surface area contributed by atoms with Crippen molar-refractivity contribution in [1.82, 2.24) is 4.98 Å². The maximum Gasteiger partial charge on any atom is 0.434 e. The van der Waals surface area contributed by atoms with Gasteiger partial charge in [-0.15, -0.1) is 11.3 Å². The van der Waals surface area contributed by atoms with Crippen molar-refractivity contribution < 1.29 is 26.7 Å². The number of hydrogen-bond acceptors (Lipinski definition) is 3. The van der Waals surface area contributed by atoms with E-state index < -0.39 is 35.0 Å². The number of nitrogens with one attached hydrogen (secondary N) is 1. The smallest absolute Gasteiger partial charge is 0.322 e. The molecule has 186 valence electrons. The van der Waals surface area contributed by atoms with Crippen LogP contribution in [0.15, 0.2) is 60.0 Å². The number of carbonyl (C=O) groups excluding carboxylic acids is 1. The molecule has 1 heterocycles. The molecule has 0 saturated carbocycles. The molecule has 3 nitrogen and oxygen atoms in total. The number of amides is 1. The molecule has 4 rings (SSSR count). The Morgan fingerprint density at radius 1 is 1.00 bits per heavy atom. The summed E-state index contributed by atoms with van der Waals surface area (Å²) < 4.78 is 67.1. The van der Waals surface area contributed by atoms with Gasteiger partial charge in [0.15, 0.2) is 5.69 Å². The van der Waals surface area contributed by atoms with E-state index in [0.29, 0.717) is 17.7 Å². The van der Waals surface area contributed by atoms with Gasteiger partial charge in [-0.2, -0.15) is 13.2 Å². The zero-order valence-electron chi connectivity index (χ0n) is 19.3. The molecule has 1 N–H and O–H groups in total. The van der Waals surface area contributed by atoms with Crippen molar-refractivity contribution in [3.8, 4) is 21.7 Å². The number of hydrogen-bond donors (Lipinski definition) is 1. The van der Waals surface area contributed by atoms with Gasteiger partial charge in [0.25, 0.3) is 5.91 Å². The molecule has 0 aliphatic heterocycles. The van der Waals surface area contributed by atoms with Crippen LogP contribution >= 0.6 is 11.3 Å². The molecule has 0 spiro atoms. The summed E-state index contributed by atoms with van der Waals surface area (Å²) in [5, 5.41) is 3.85. The van der Waals surface area contributed by atoms with E-state index in [9.17, 15) is 26.7 Å². The second-order valence-corrected chi connectivity index (χ2v) is 9.10. The van der Waals surface area contributed by atoms with E-state index >= 15 is 0 Å². The Morgan fingerprint density at radius 2 is 1.69 bits per heavy atom. The number of halogens is 5. The highest BCUT2D eigenvalue weighted by molar-refractivity contribution is 7.13. The Kier molecular flexibility index (Phi) is 7.21. The zero-order valence-corrected chi connectivity index (χ0v) is 20.2. The van der Waals surface area contributed by atoms with E-state index in [2.05, 4.69) is 10.3 Å². The first kappa shape index (κ1) is 25.5. The minimum atomic E-state index is -4.51. The molecule has 0 unspecified atom stereocenters. The highest BCUT2D eigenvalue weighted by Crippen LogP contribution is 2.36. The molecule has 0 atom stereocenters. The highest BCUT2D eigenvalue weighted by Gasteiger charge is 2.33. The average molecular weight is 517 g/mol. The van der Waals surface area contributed by atoms with Crippen LogP contribution in [-0.4, -0.2) is 10.9 Å². The molecule has 0 bridgehead atoms. The Bertz CT molecular complexity index is 1410. The number of aryl methyl sites for hydroxylation is 2. The normalized spacial score (nSPS) is 11.5. The van der Waals surface area contributed by atoms with Crippen LogP contribution in [0.5, 0.6) is 0 Å². The summed E-state index contributed by atoms with van der Waals surface area (Å²) >= 11 is 0.920. The predicted molar refractivity (Wildman–Crippen MR) is 131 cm³/mol. The summed E-state index contributed by atoms with van der Waals surface area (Å²) in [5.74, 6) is -2.80. The van der Waals surface area contributed by atoms with Crippen molar-refractivity contribution in [2.75, 3.05) is 5.32 Å². The first-order valence-electron chi connectivity index (χ1n) is 11.1. The summed E-state index contributed by atoms with van der Waals surface area (Å²) in [6.07, 6.45) is -3.18. The van der Waals surface area contributed by atoms with Crippen LogP contribution < -0.4 is 5.32 Å². The van der Waals surface area contributed by atoms with Crippen LogP contribution in [0.2, 0.25) is 0 Å². The average Bonchev–Trinajstić information content (AvgIpc) is 3.32. The lowest BCUT2D eigenvalue weighted by molar-refractivity contribution is -0.140. The van der Waals surface area contributed by atoms with Crippen molar-refractivity contribution in [3.05, 3.63) is 94.0 Å². The second-order valence-electron chi connectivity index (χ2n) is 8.24. The zero-order chi connectivity index (χ0) is 26.0. The number of anilines is 1. The number of alkyl halides is 3. The van der Waals surface area contributed by atoms with Gasteiger partial charge in [0.1, 0.15) is 22.2 Å². The Labute approximate surface area is 208 Å². The Balaban J connectivity index is 1.69. The number of rotatable bonds is 6. The van der Waals surface area contributed by atoms with E-state index in [1.807, 2.05) is 26.0 Å². The molecular weight excluding hydrogens is 495 g/mol. The van der Waals surface area contributed by atoms with E-state index in [-0.39, 0.29) is 5.01 Å². The number of aromatic nitrogens is 1. The molecule has 36 heavy (non-hydrogen) atoms. The molecular formula is C27H21F5N2OS. The summed E-state index contributed by atoms with van der Waals surface area (Å²) in [5.41, 5.74) is 2.65. The fourth-order valence-corrected chi connectivity index (χ4v) is 4.69. The molecule has 3 aromatic carbocycles. The topological polar surface area (TPSA) is 42.0 Å². The van der Waals surface area contributed by atoms with Crippen LogP contribution in [0.4, 0.5) is 27.6 Å². The molecule has 1 amide bonds. The highest BCUT2D eigenvalue weighted by atomic mass is 32.1. The fraction of sp³-hybridized carbons (Fsp3) is 0.185. The number of carbonyl (C=O) groups is 1. The molecule has 0 radical (unpaired) electrons. The van der Waals surface area contributed by atoms with Crippen molar-refractivity contribution >= 4 is 22.9 Å². The SMILES string of the molecule is CCCc1cc(-c2cc(-c3nc(C(F)(F)F)cs3)ccc2C)ccc1NC(=O)c1c(F)cccc1F. The van der Waals surface area contributed by atoms with E-state index in [4.69, 9.17) is 0 Å². The van der Waals surface area contributed by atoms with Crippen molar-refractivity contribution in [2.45, 2.75) is 32.9 Å². The van der Waals surface area contributed by atoms with Gasteiger partial charge in [-0.3, -0.25) is 4.79 Å². The van der Waals surface area contributed by atoms with Crippen LogP contribution in [0.3, 0.4) is 0 Å². The molecule has 9 heteroatoms. The molecule has 0 saturated heterocycles. The van der Waals surface area contributed by atoms with E-state index in [1.165, 1.54) is 6.07 Å². The minimum Gasteiger partial charge on any atom is -0.322 e. The first-order chi connectivity index (χ1) is 17.1. The third-order valence-electron chi connectivity index (χ3n) is 5.65. The Hall–Kier alpha value is -3.59. The van der Waals surface area contributed by atoms with Gasteiger partial charge < -0.3 is 5.32 Å². The van der Waals surface area contributed by atoms with E-state index in [1.54, 1.807) is 24.3 Å². The first-order valence-corrected chi connectivity index (χ1v) is 12.0. The van der Waals surface area contributed by atoms with Crippen molar-refractivity contribution in [1.29, 1.82) is 0 Å². The lowest BCUT2D eigenvalue weighted by atomic mass is 9.95. The van der Waals surface area contributed by atoms with Crippen LogP contribution in [0, 0.1) is 18.6 Å². The quantitative estimate of drug-likeness (QED) is 0.262. The van der Waals surface area contributed by atoms with Gasteiger partial charge >= 0.3 is 6.18 Å². The van der Waals surface area contributed by atoms with Gasteiger partial charge in [-0.25, -0.2) is 13.8 Å². The molecule has 4 aromatic rings. The van der Waals surface area contributed by atoms with Gasteiger partial charge in [-0.05, 0) is 65.9 Å². The van der Waals surface area contributed by atoms with Crippen LogP contribution in [0.1, 0.15) is 40.5 Å². The molecule has 0 aliphatic rings. The second kappa shape index (κ2) is 10.2. The minimum absolute atomic E-state index is 0.258. The van der Waals surface area contributed by atoms with Crippen molar-refractivity contribution in [3.63, 3.8) is 0 Å². The van der Waals surface area contributed by atoms with Crippen LogP contribution in [-0.2, 0) is 12.6 Å².